The van der Waals surface area contributed by atoms with Gasteiger partial charge in [0.25, 0.3) is 0 Å². The van der Waals surface area contributed by atoms with Crippen LogP contribution in [-0.2, 0) is 0 Å². The van der Waals surface area contributed by atoms with Gasteiger partial charge in [-0.2, -0.15) is 0 Å². The molecule has 29 heavy (non-hydrogen) atoms. The number of rotatable bonds is 6. The van der Waals surface area contributed by atoms with Crippen molar-refractivity contribution >= 4 is 17.5 Å². The van der Waals surface area contributed by atoms with Gasteiger partial charge in [0.2, 0.25) is 0 Å². The number of piperidine rings is 1. The van der Waals surface area contributed by atoms with E-state index in [1.807, 2.05) is 42.7 Å². The summed E-state index contributed by atoms with van der Waals surface area (Å²) in [5, 5.41) is 0. The van der Waals surface area contributed by atoms with Gasteiger partial charge >= 0.3 is 0 Å². The van der Waals surface area contributed by atoms with Crippen LogP contribution in [-0.4, -0.2) is 43.1 Å². The van der Waals surface area contributed by atoms with Gasteiger partial charge in [0, 0.05) is 41.9 Å². The van der Waals surface area contributed by atoms with E-state index in [-0.39, 0.29) is 23.6 Å². The molecule has 2 heterocycles. The number of Topliss-reactive ketones (excluding diaryl/α,β-unsaturated/α-hetero) is 1. The zero-order chi connectivity index (χ0) is 20.2. The number of hydrazine groups is 1. The van der Waals surface area contributed by atoms with Gasteiger partial charge in [-0.05, 0) is 49.4 Å². The Kier molecular flexibility index (Phi) is 6.65. The lowest BCUT2D eigenvalue weighted by Gasteiger charge is -2.34. The van der Waals surface area contributed by atoms with Crippen LogP contribution in [0.3, 0.4) is 0 Å². The summed E-state index contributed by atoms with van der Waals surface area (Å²) in [7, 11) is 0. The smallest absolute Gasteiger partial charge is 0.168 e. The van der Waals surface area contributed by atoms with E-state index in [4.69, 9.17) is 0 Å². The van der Waals surface area contributed by atoms with Crippen LogP contribution in [0.25, 0.3) is 0 Å². The minimum atomic E-state index is -0.209. The first-order chi connectivity index (χ1) is 14.2. The Balaban J connectivity index is 1.42. The fourth-order valence-corrected chi connectivity index (χ4v) is 5.17. The van der Waals surface area contributed by atoms with Gasteiger partial charge in [0.05, 0.1) is 6.04 Å². The first-order valence-electron chi connectivity index (χ1n) is 10.3. The van der Waals surface area contributed by atoms with Crippen LogP contribution < -0.4 is 10.9 Å². The van der Waals surface area contributed by atoms with Gasteiger partial charge in [-0.15, -0.1) is 11.8 Å². The van der Waals surface area contributed by atoms with Crippen molar-refractivity contribution in [1.29, 1.82) is 0 Å². The Bertz CT molecular complexity index is 844. The summed E-state index contributed by atoms with van der Waals surface area (Å²) < 4.78 is 13.3. The Morgan fingerprint density at radius 3 is 2.79 bits per heavy atom. The van der Waals surface area contributed by atoms with Crippen LogP contribution in [0, 0.1) is 17.7 Å². The first-order valence-corrected chi connectivity index (χ1v) is 11.5. The second-order valence-corrected chi connectivity index (χ2v) is 8.83. The summed E-state index contributed by atoms with van der Waals surface area (Å²) in [5.74, 6) is 0.507. The Hall–Kier alpha value is -1.73. The van der Waals surface area contributed by atoms with E-state index < -0.39 is 0 Å². The maximum Gasteiger partial charge on any atom is 0.168 e. The monoisotopic (exact) mass is 413 g/mol. The van der Waals surface area contributed by atoms with E-state index in [0.717, 1.165) is 55.0 Å². The van der Waals surface area contributed by atoms with Crippen molar-refractivity contribution in [3.8, 4) is 0 Å². The number of benzene rings is 2. The van der Waals surface area contributed by atoms with Crippen LogP contribution in [0.5, 0.6) is 0 Å². The molecule has 2 fully saturated rings. The molecule has 0 bridgehead atoms. The van der Waals surface area contributed by atoms with Crippen molar-refractivity contribution < 1.29 is 9.18 Å². The molecule has 0 radical (unpaired) electrons. The SMILES string of the molecule is CSc1ccccc1C(=O)C1CCCN(CC2CNNC2c2ccc(F)cc2)C1. The molecular formula is C23H28FN3OS. The van der Waals surface area contributed by atoms with Gasteiger partial charge in [-0.25, -0.2) is 9.82 Å². The summed E-state index contributed by atoms with van der Waals surface area (Å²) >= 11 is 1.64. The topological polar surface area (TPSA) is 44.4 Å². The number of carbonyl (C=O) groups is 1. The van der Waals surface area contributed by atoms with Crippen molar-refractivity contribution in [2.45, 2.75) is 23.8 Å². The predicted molar refractivity (Wildman–Crippen MR) is 115 cm³/mol. The Labute approximate surface area is 176 Å². The molecule has 2 aliphatic heterocycles. The quantitative estimate of drug-likeness (QED) is 0.555. The minimum Gasteiger partial charge on any atom is -0.302 e. The molecule has 2 aliphatic rings. The summed E-state index contributed by atoms with van der Waals surface area (Å²) in [6.07, 6.45) is 4.03. The molecule has 2 N–H and O–H groups in total. The molecule has 4 nitrogen and oxygen atoms in total. The van der Waals surface area contributed by atoms with Crippen LogP contribution in [0.2, 0.25) is 0 Å². The second-order valence-electron chi connectivity index (χ2n) is 7.98. The predicted octanol–water partition coefficient (Wildman–Crippen LogP) is 3.91. The average Bonchev–Trinajstić information content (AvgIpc) is 3.22. The molecule has 0 amide bonds. The Morgan fingerprint density at radius 2 is 2.00 bits per heavy atom. The van der Waals surface area contributed by atoms with Crippen LogP contribution in [0.15, 0.2) is 53.4 Å². The molecule has 0 saturated carbocycles. The molecule has 0 aliphatic carbocycles. The molecule has 2 aromatic rings. The molecule has 154 valence electrons. The maximum absolute atomic E-state index is 13.3. The summed E-state index contributed by atoms with van der Waals surface area (Å²) in [6.45, 7) is 3.64. The highest BCUT2D eigenvalue weighted by molar-refractivity contribution is 7.98. The minimum absolute atomic E-state index is 0.0589. The standard InChI is InChI=1S/C23H28FN3OS/c1-29-21-7-3-2-6-20(21)23(28)17-5-4-12-27(14-17)15-18-13-25-26-22(18)16-8-10-19(24)11-9-16/h2-3,6-11,17-18,22,25-26H,4-5,12-15H2,1H3. The molecule has 0 aromatic heterocycles. The van der Waals surface area contributed by atoms with E-state index in [0.29, 0.717) is 5.92 Å². The highest BCUT2D eigenvalue weighted by atomic mass is 32.2. The molecule has 3 unspecified atom stereocenters. The average molecular weight is 414 g/mol. The number of halogens is 1. The van der Waals surface area contributed by atoms with Crippen molar-refractivity contribution in [3.05, 3.63) is 65.5 Å². The van der Waals surface area contributed by atoms with Crippen molar-refractivity contribution in [2.24, 2.45) is 11.8 Å². The van der Waals surface area contributed by atoms with E-state index >= 15 is 0 Å². The molecule has 6 heteroatoms. The summed E-state index contributed by atoms with van der Waals surface area (Å²) in [6, 6.07) is 14.8. The summed E-state index contributed by atoms with van der Waals surface area (Å²) in [4.78, 5) is 16.7. The molecule has 4 rings (SSSR count). The Morgan fingerprint density at radius 1 is 1.21 bits per heavy atom. The fraction of sp³-hybridized carbons (Fsp3) is 0.435. The van der Waals surface area contributed by atoms with Gasteiger partial charge in [0.1, 0.15) is 5.82 Å². The van der Waals surface area contributed by atoms with Gasteiger partial charge in [-0.1, -0.05) is 30.3 Å². The van der Waals surface area contributed by atoms with Crippen LogP contribution in [0.1, 0.15) is 34.8 Å². The van der Waals surface area contributed by atoms with Gasteiger partial charge in [-0.3, -0.25) is 10.2 Å². The summed E-state index contributed by atoms with van der Waals surface area (Å²) in [5.41, 5.74) is 8.56. The lowest BCUT2D eigenvalue weighted by atomic mass is 9.88. The highest BCUT2D eigenvalue weighted by Gasteiger charge is 2.33. The second kappa shape index (κ2) is 9.39. The third-order valence-electron chi connectivity index (χ3n) is 6.06. The maximum atomic E-state index is 13.3. The van der Waals surface area contributed by atoms with Gasteiger partial charge < -0.3 is 4.90 Å². The number of carbonyl (C=O) groups excluding carboxylic acids is 1. The molecule has 2 aromatic carbocycles. The van der Waals surface area contributed by atoms with Crippen molar-refractivity contribution in [2.75, 3.05) is 32.4 Å². The normalized spacial score (nSPS) is 25.2. The molecule has 3 atom stereocenters. The molecule has 0 spiro atoms. The lowest BCUT2D eigenvalue weighted by Crippen LogP contribution is -2.42. The number of nitrogens with zero attached hydrogens (tertiary/aromatic N) is 1. The van der Waals surface area contributed by atoms with Gasteiger partial charge in [0.15, 0.2) is 5.78 Å². The highest BCUT2D eigenvalue weighted by Crippen LogP contribution is 2.30. The third kappa shape index (κ3) is 4.72. The van der Waals surface area contributed by atoms with E-state index in [1.165, 1.54) is 12.1 Å². The first kappa shape index (κ1) is 20.5. The van der Waals surface area contributed by atoms with Crippen LogP contribution in [0.4, 0.5) is 4.39 Å². The van der Waals surface area contributed by atoms with Crippen LogP contribution >= 0.6 is 11.8 Å². The molecule has 2 saturated heterocycles. The van der Waals surface area contributed by atoms with E-state index in [9.17, 15) is 9.18 Å². The number of ketones is 1. The number of thioether (sulfide) groups is 1. The van der Waals surface area contributed by atoms with E-state index in [1.54, 1.807) is 11.8 Å². The third-order valence-corrected chi connectivity index (χ3v) is 6.86. The van der Waals surface area contributed by atoms with E-state index in [2.05, 4.69) is 15.8 Å². The molecular weight excluding hydrogens is 385 g/mol. The number of hydrogen-bond acceptors (Lipinski definition) is 5. The number of nitrogens with one attached hydrogen (secondary N) is 2. The largest absolute Gasteiger partial charge is 0.302 e. The number of hydrogen-bond donors (Lipinski definition) is 2. The fourth-order valence-electron chi connectivity index (χ4n) is 4.57. The lowest BCUT2D eigenvalue weighted by molar-refractivity contribution is 0.0795. The van der Waals surface area contributed by atoms with Crippen molar-refractivity contribution in [1.82, 2.24) is 15.8 Å². The zero-order valence-electron chi connectivity index (χ0n) is 16.7. The van der Waals surface area contributed by atoms with Crippen molar-refractivity contribution in [3.63, 3.8) is 0 Å². The zero-order valence-corrected chi connectivity index (χ0v) is 17.6. The number of likely N-dealkylation sites (tertiary alicyclic amines) is 1.